The molecule has 1 aromatic carbocycles. The molecule has 4 nitrogen and oxygen atoms in total. The third-order valence-electron chi connectivity index (χ3n) is 4.15. The minimum Gasteiger partial charge on any atom is -0.398 e. The van der Waals surface area contributed by atoms with Crippen LogP contribution in [0.4, 0.5) is 5.69 Å². The SMILES string of the molecule is Cc1c(N)cc(Br)cc1C(=O)NC1(CO)CCCCC1. The summed E-state index contributed by atoms with van der Waals surface area (Å²) >= 11 is 3.36. The molecular weight excluding hydrogens is 320 g/mol. The maximum atomic E-state index is 12.5. The first-order chi connectivity index (χ1) is 9.47. The number of rotatable bonds is 3. The lowest BCUT2D eigenvalue weighted by atomic mass is 9.82. The summed E-state index contributed by atoms with van der Waals surface area (Å²) in [6.07, 6.45) is 4.91. The third kappa shape index (κ3) is 3.15. The van der Waals surface area contributed by atoms with E-state index in [0.717, 1.165) is 35.7 Å². The van der Waals surface area contributed by atoms with E-state index in [1.165, 1.54) is 6.42 Å². The van der Waals surface area contributed by atoms with Gasteiger partial charge in [-0.15, -0.1) is 0 Å². The van der Waals surface area contributed by atoms with Crippen molar-refractivity contribution in [1.29, 1.82) is 0 Å². The molecule has 0 unspecified atom stereocenters. The minimum absolute atomic E-state index is 0.0126. The molecule has 0 heterocycles. The number of nitrogens with two attached hydrogens (primary N) is 1. The second-order valence-electron chi connectivity index (χ2n) is 5.62. The number of nitrogen functional groups attached to an aromatic ring is 1. The Hall–Kier alpha value is -1.07. The Morgan fingerprint density at radius 2 is 2.05 bits per heavy atom. The molecule has 20 heavy (non-hydrogen) atoms. The number of carbonyl (C=O) groups excluding carboxylic acids is 1. The molecule has 110 valence electrons. The summed E-state index contributed by atoms with van der Waals surface area (Å²) in [4.78, 5) is 12.5. The summed E-state index contributed by atoms with van der Waals surface area (Å²) in [6, 6.07) is 3.56. The van der Waals surface area contributed by atoms with Crippen molar-refractivity contribution >= 4 is 27.5 Å². The summed E-state index contributed by atoms with van der Waals surface area (Å²) in [5.74, 6) is -0.161. The van der Waals surface area contributed by atoms with E-state index in [1.807, 2.05) is 6.92 Å². The molecular formula is C15H21BrN2O2. The lowest BCUT2D eigenvalue weighted by Crippen LogP contribution is -2.52. The van der Waals surface area contributed by atoms with Crippen molar-refractivity contribution in [2.24, 2.45) is 0 Å². The number of hydrogen-bond donors (Lipinski definition) is 3. The number of amides is 1. The van der Waals surface area contributed by atoms with Gasteiger partial charge in [-0.1, -0.05) is 35.2 Å². The van der Waals surface area contributed by atoms with Crippen LogP contribution in [0.15, 0.2) is 16.6 Å². The lowest BCUT2D eigenvalue weighted by molar-refractivity contribution is 0.0758. The van der Waals surface area contributed by atoms with Gasteiger partial charge in [0.05, 0.1) is 12.1 Å². The monoisotopic (exact) mass is 340 g/mol. The molecule has 1 aliphatic carbocycles. The van der Waals surface area contributed by atoms with Gasteiger partial charge in [-0.25, -0.2) is 0 Å². The molecule has 1 fully saturated rings. The van der Waals surface area contributed by atoms with Crippen molar-refractivity contribution < 1.29 is 9.90 Å². The normalized spacial score (nSPS) is 17.8. The van der Waals surface area contributed by atoms with Crippen LogP contribution in [0.25, 0.3) is 0 Å². The van der Waals surface area contributed by atoms with Gasteiger partial charge in [-0.3, -0.25) is 4.79 Å². The Kier molecular flexibility index (Phi) is 4.70. The topological polar surface area (TPSA) is 75.4 Å². The Bertz CT molecular complexity index is 511. The predicted octanol–water partition coefficient (Wildman–Crippen LogP) is 2.76. The number of hydrogen-bond acceptors (Lipinski definition) is 3. The van der Waals surface area contributed by atoms with Gasteiger partial charge in [-0.05, 0) is 37.5 Å². The zero-order chi connectivity index (χ0) is 14.8. The van der Waals surface area contributed by atoms with Gasteiger partial charge in [0.1, 0.15) is 0 Å². The first-order valence-electron chi connectivity index (χ1n) is 6.96. The van der Waals surface area contributed by atoms with Gasteiger partial charge in [-0.2, -0.15) is 0 Å². The van der Waals surface area contributed by atoms with Crippen LogP contribution in [-0.4, -0.2) is 23.2 Å². The lowest BCUT2D eigenvalue weighted by Gasteiger charge is -2.36. The Balaban J connectivity index is 2.23. The van der Waals surface area contributed by atoms with E-state index in [9.17, 15) is 9.90 Å². The van der Waals surface area contributed by atoms with Crippen LogP contribution in [-0.2, 0) is 0 Å². The highest BCUT2D eigenvalue weighted by molar-refractivity contribution is 9.10. The van der Waals surface area contributed by atoms with E-state index in [1.54, 1.807) is 12.1 Å². The standard InChI is InChI=1S/C15H21BrN2O2/c1-10-12(7-11(16)8-13(10)17)14(20)18-15(9-19)5-3-2-4-6-15/h7-8,19H,2-6,9,17H2,1H3,(H,18,20). The Labute approximate surface area is 127 Å². The van der Waals surface area contributed by atoms with Crippen LogP contribution < -0.4 is 11.1 Å². The van der Waals surface area contributed by atoms with Crippen LogP contribution in [0.3, 0.4) is 0 Å². The van der Waals surface area contributed by atoms with Crippen LogP contribution in [0.2, 0.25) is 0 Å². The van der Waals surface area contributed by atoms with Gasteiger partial charge >= 0.3 is 0 Å². The van der Waals surface area contributed by atoms with Crippen LogP contribution in [0.1, 0.15) is 48.0 Å². The van der Waals surface area contributed by atoms with Crippen molar-refractivity contribution in [3.8, 4) is 0 Å². The molecule has 2 rings (SSSR count). The van der Waals surface area contributed by atoms with E-state index in [2.05, 4.69) is 21.2 Å². The number of halogens is 1. The number of nitrogens with one attached hydrogen (secondary N) is 1. The van der Waals surface area contributed by atoms with E-state index in [4.69, 9.17) is 5.73 Å². The molecule has 1 saturated carbocycles. The quantitative estimate of drug-likeness (QED) is 0.740. The van der Waals surface area contributed by atoms with Crippen molar-refractivity contribution in [3.05, 3.63) is 27.7 Å². The molecule has 0 radical (unpaired) electrons. The highest BCUT2D eigenvalue weighted by Gasteiger charge is 2.33. The van der Waals surface area contributed by atoms with Crippen molar-refractivity contribution in [1.82, 2.24) is 5.32 Å². The fourth-order valence-electron chi connectivity index (χ4n) is 2.80. The summed E-state index contributed by atoms with van der Waals surface area (Å²) < 4.78 is 0.785. The number of carbonyl (C=O) groups is 1. The van der Waals surface area contributed by atoms with Gasteiger partial charge in [0.15, 0.2) is 0 Å². The number of aliphatic hydroxyl groups is 1. The average Bonchev–Trinajstić information content (AvgIpc) is 2.43. The maximum absolute atomic E-state index is 12.5. The highest BCUT2D eigenvalue weighted by atomic mass is 79.9. The highest BCUT2D eigenvalue weighted by Crippen LogP contribution is 2.29. The number of anilines is 1. The van der Waals surface area contributed by atoms with Crippen LogP contribution in [0, 0.1) is 6.92 Å². The molecule has 0 bridgehead atoms. The molecule has 4 N–H and O–H groups in total. The second kappa shape index (κ2) is 6.14. The maximum Gasteiger partial charge on any atom is 0.252 e. The smallest absolute Gasteiger partial charge is 0.252 e. The average molecular weight is 341 g/mol. The van der Waals surface area contributed by atoms with E-state index >= 15 is 0 Å². The molecule has 5 heteroatoms. The number of benzene rings is 1. The van der Waals surface area contributed by atoms with Crippen LogP contribution in [0.5, 0.6) is 0 Å². The summed E-state index contributed by atoms with van der Waals surface area (Å²) in [5, 5.41) is 12.7. The number of aliphatic hydroxyl groups excluding tert-OH is 1. The zero-order valence-electron chi connectivity index (χ0n) is 11.7. The van der Waals surface area contributed by atoms with E-state index < -0.39 is 5.54 Å². The van der Waals surface area contributed by atoms with Crippen molar-refractivity contribution in [3.63, 3.8) is 0 Å². The third-order valence-corrected chi connectivity index (χ3v) is 4.61. The molecule has 0 aromatic heterocycles. The summed E-state index contributed by atoms with van der Waals surface area (Å²) in [5.41, 5.74) is 7.35. The molecule has 0 spiro atoms. The summed E-state index contributed by atoms with van der Waals surface area (Å²) in [6.45, 7) is 1.82. The second-order valence-corrected chi connectivity index (χ2v) is 6.54. The van der Waals surface area contributed by atoms with Gasteiger partial charge in [0, 0.05) is 15.7 Å². The first-order valence-corrected chi connectivity index (χ1v) is 7.76. The van der Waals surface area contributed by atoms with Crippen LogP contribution >= 0.6 is 15.9 Å². The Morgan fingerprint density at radius 3 is 2.65 bits per heavy atom. The van der Waals surface area contributed by atoms with Gasteiger partial charge in [0.2, 0.25) is 0 Å². The fourth-order valence-corrected chi connectivity index (χ4v) is 3.27. The minimum atomic E-state index is -0.473. The molecule has 0 aliphatic heterocycles. The molecule has 1 aromatic rings. The zero-order valence-corrected chi connectivity index (χ0v) is 13.3. The molecule has 1 amide bonds. The van der Waals surface area contributed by atoms with Crippen molar-refractivity contribution in [2.75, 3.05) is 12.3 Å². The van der Waals surface area contributed by atoms with Gasteiger partial charge < -0.3 is 16.2 Å². The first kappa shape index (κ1) is 15.3. The predicted molar refractivity (Wildman–Crippen MR) is 83.7 cm³/mol. The Morgan fingerprint density at radius 1 is 1.40 bits per heavy atom. The van der Waals surface area contributed by atoms with E-state index in [-0.39, 0.29) is 12.5 Å². The summed E-state index contributed by atoms with van der Waals surface area (Å²) in [7, 11) is 0. The fraction of sp³-hybridized carbons (Fsp3) is 0.533. The molecule has 0 saturated heterocycles. The molecule has 0 atom stereocenters. The largest absolute Gasteiger partial charge is 0.398 e. The van der Waals surface area contributed by atoms with Gasteiger partial charge in [0.25, 0.3) is 5.91 Å². The van der Waals surface area contributed by atoms with E-state index in [0.29, 0.717) is 11.3 Å². The van der Waals surface area contributed by atoms with Crippen molar-refractivity contribution in [2.45, 2.75) is 44.6 Å². The molecule has 1 aliphatic rings.